The van der Waals surface area contributed by atoms with Gasteiger partial charge in [0.15, 0.2) is 12.5 Å². The van der Waals surface area contributed by atoms with Crippen molar-refractivity contribution < 1.29 is 14.6 Å². The van der Waals surface area contributed by atoms with E-state index in [9.17, 15) is 9.59 Å². The lowest BCUT2D eigenvalue weighted by molar-refractivity contribution is -0.0993. The fourth-order valence-electron chi connectivity index (χ4n) is 1.59. The van der Waals surface area contributed by atoms with E-state index >= 15 is 0 Å². The number of halogens is 1. The zero-order chi connectivity index (χ0) is 13.1. The summed E-state index contributed by atoms with van der Waals surface area (Å²) in [5.74, 6) is 0. The Morgan fingerprint density at radius 2 is 2.39 bits per heavy atom. The summed E-state index contributed by atoms with van der Waals surface area (Å²) in [6.45, 7) is -0.155. The normalized spacial score (nSPS) is 23.9. The smallest absolute Gasteiger partial charge is 0.330 e. The van der Waals surface area contributed by atoms with E-state index < -0.39 is 23.8 Å². The monoisotopic (exact) mass is 318 g/mol. The SMILES string of the molecule is O=c1[nH]c(=O)n([C@@H]2CO[C@H](CO)O2)cc1C=CBr. The predicted octanol–water partition coefficient (Wildman–Crippen LogP) is -0.234. The number of aliphatic hydroxyl groups is 1. The third-order valence-electron chi connectivity index (χ3n) is 2.43. The molecule has 8 heteroatoms. The molecule has 2 N–H and O–H groups in total. The maximum Gasteiger partial charge on any atom is 0.330 e. The van der Waals surface area contributed by atoms with E-state index in [0.29, 0.717) is 5.56 Å². The Labute approximate surface area is 110 Å². The van der Waals surface area contributed by atoms with Crippen molar-refractivity contribution in [3.8, 4) is 0 Å². The number of aromatic nitrogens is 2. The first kappa shape index (κ1) is 13.2. The molecule has 1 aromatic heterocycles. The summed E-state index contributed by atoms with van der Waals surface area (Å²) in [4.78, 5) is 26.8. The molecule has 0 bridgehead atoms. The summed E-state index contributed by atoms with van der Waals surface area (Å²) >= 11 is 3.06. The highest BCUT2D eigenvalue weighted by Crippen LogP contribution is 2.18. The summed E-state index contributed by atoms with van der Waals surface area (Å²) in [7, 11) is 0. The average molecular weight is 319 g/mol. The van der Waals surface area contributed by atoms with Gasteiger partial charge in [-0.2, -0.15) is 0 Å². The molecule has 0 radical (unpaired) electrons. The van der Waals surface area contributed by atoms with Gasteiger partial charge in [0.25, 0.3) is 5.56 Å². The largest absolute Gasteiger partial charge is 0.391 e. The fraction of sp³-hybridized carbons (Fsp3) is 0.400. The first-order chi connectivity index (χ1) is 8.65. The third-order valence-corrected chi connectivity index (χ3v) is 2.70. The molecule has 0 unspecified atom stereocenters. The van der Waals surface area contributed by atoms with E-state index in [1.807, 2.05) is 0 Å². The van der Waals surface area contributed by atoms with Crippen molar-refractivity contribution in [2.45, 2.75) is 12.5 Å². The molecule has 7 nitrogen and oxygen atoms in total. The number of hydrogen-bond donors (Lipinski definition) is 2. The van der Waals surface area contributed by atoms with Gasteiger partial charge in [0.2, 0.25) is 0 Å². The molecule has 2 rings (SSSR count). The predicted molar refractivity (Wildman–Crippen MR) is 66.2 cm³/mol. The molecular formula is C10H11BrN2O5. The van der Waals surface area contributed by atoms with Crippen LogP contribution < -0.4 is 11.2 Å². The van der Waals surface area contributed by atoms with Crippen LogP contribution in [0.2, 0.25) is 0 Å². The molecule has 0 spiro atoms. The minimum absolute atomic E-state index is 0.134. The van der Waals surface area contributed by atoms with Crippen molar-refractivity contribution in [2.24, 2.45) is 0 Å². The van der Waals surface area contributed by atoms with Gasteiger partial charge < -0.3 is 14.6 Å². The maximum atomic E-state index is 11.7. The van der Waals surface area contributed by atoms with Crippen molar-refractivity contribution in [2.75, 3.05) is 13.2 Å². The molecule has 98 valence electrons. The summed E-state index contributed by atoms with van der Waals surface area (Å²) in [5, 5.41) is 8.87. The molecule has 1 saturated heterocycles. The molecule has 2 heterocycles. The Balaban J connectivity index is 2.36. The number of aliphatic hydroxyl groups excluding tert-OH is 1. The number of rotatable bonds is 3. The second kappa shape index (κ2) is 5.61. The Kier molecular flexibility index (Phi) is 4.12. The van der Waals surface area contributed by atoms with Gasteiger partial charge in [0.1, 0.15) is 0 Å². The van der Waals surface area contributed by atoms with Gasteiger partial charge in [-0.15, -0.1) is 0 Å². The quantitative estimate of drug-likeness (QED) is 0.802. The van der Waals surface area contributed by atoms with Crippen molar-refractivity contribution in [3.63, 3.8) is 0 Å². The maximum absolute atomic E-state index is 11.7. The molecule has 1 aromatic rings. The highest BCUT2D eigenvalue weighted by Gasteiger charge is 2.27. The molecule has 0 aliphatic carbocycles. The molecule has 2 atom stereocenters. The zero-order valence-corrected chi connectivity index (χ0v) is 10.8. The highest BCUT2D eigenvalue weighted by atomic mass is 79.9. The second-order valence-electron chi connectivity index (χ2n) is 3.58. The summed E-state index contributed by atoms with van der Waals surface area (Å²) in [5.41, 5.74) is -0.758. The molecule has 1 aliphatic rings. The van der Waals surface area contributed by atoms with Crippen LogP contribution in [-0.4, -0.2) is 34.2 Å². The minimum Gasteiger partial charge on any atom is -0.391 e. The van der Waals surface area contributed by atoms with E-state index in [4.69, 9.17) is 14.6 Å². The van der Waals surface area contributed by atoms with Gasteiger partial charge in [0, 0.05) is 6.20 Å². The van der Waals surface area contributed by atoms with Crippen LogP contribution in [-0.2, 0) is 9.47 Å². The first-order valence-electron chi connectivity index (χ1n) is 5.16. The van der Waals surface area contributed by atoms with Crippen LogP contribution in [0.15, 0.2) is 20.8 Å². The minimum atomic E-state index is -0.746. The summed E-state index contributed by atoms with van der Waals surface area (Å²) < 4.78 is 11.6. The molecule has 1 aliphatic heterocycles. The lowest BCUT2D eigenvalue weighted by Crippen LogP contribution is -2.34. The number of H-pyrrole nitrogens is 1. The molecule has 0 amide bonds. The Morgan fingerprint density at radius 3 is 3.00 bits per heavy atom. The van der Waals surface area contributed by atoms with Crippen LogP contribution >= 0.6 is 15.9 Å². The fourth-order valence-corrected chi connectivity index (χ4v) is 1.87. The van der Waals surface area contributed by atoms with E-state index in [1.165, 1.54) is 21.8 Å². The van der Waals surface area contributed by atoms with Gasteiger partial charge >= 0.3 is 5.69 Å². The van der Waals surface area contributed by atoms with Crippen LogP contribution in [0.25, 0.3) is 6.08 Å². The van der Waals surface area contributed by atoms with Crippen LogP contribution in [0.4, 0.5) is 0 Å². The number of aromatic amines is 1. The number of ether oxygens (including phenoxy) is 2. The van der Waals surface area contributed by atoms with E-state index in [0.717, 1.165) is 0 Å². The van der Waals surface area contributed by atoms with Crippen molar-refractivity contribution in [1.29, 1.82) is 0 Å². The van der Waals surface area contributed by atoms with Crippen molar-refractivity contribution in [1.82, 2.24) is 9.55 Å². The average Bonchev–Trinajstić information content (AvgIpc) is 2.81. The first-order valence-corrected chi connectivity index (χ1v) is 6.07. The zero-order valence-electron chi connectivity index (χ0n) is 9.21. The highest BCUT2D eigenvalue weighted by molar-refractivity contribution is 9.11. The van der Waals surface area contributed by atoms with Gasteiger partial charge in [-0.3, -0.25) is 14.3 Å². The van der Waals surface area contributed by atoms with E-state index in [2.05, 4.69) is 20.9 Å². The Bertz CT molecular complexity index is 564. The van der Waals surface area contributed by atoms with E-state index in [-0.39, 0.29) is 13.2 Å². The number of nitrogens with zero attached hydrogens (tertiary/aromatic N) is 1. The third kappa shape index (κ3) is 2.61. The topological polar surface area (TPSA) is 93.6 Å². The number of nitrogens with one attached hydrogen (secondary N) is 1. The Morgan fingerprint density at radius 1 is 1.61 bits per heavy atom. The van der Waals surface area contributed by atoms with Crippen molar-refractivity contribution in [3.05, 3.63) is 37.6 Å². The van der Waals surface area contributed by atoms with Crippen LogP contribution in [0.3, 0.4) is 0 Å². The van der Waals surface area contributed by atoms with Crippen LogP contribution in [0.1, 0.15) is 11.8 Å². The standard InChI is InChI=1S/C10H11BrN2O5/c11-2-1-6-3-13(10(16)12-9(6)15)7-5-17-8(4-14)18-7/h1-3,7-8,14H,4-5H2,(H,12,15,16)/t7-,8-/m0/s1. The Hall–Kier alpha value is -1.22. The van der Waals surface area contributed by atoms with Gasteiger partial charge in [-0.05, 0) is 11.1 Å². The summed E-state index contributed by atoms with van der Waals surface area (Å²) in [6, 6.07) is 0. The lowest BCUT2D eigenvalue weighted by Gasteiger charge is -2.12. The summed E-state index contributed by atoms with van der Waals surface area (Å²) in [6.07, 6.45) is 1.49. The lowest BCUT2D eigenvalue weighted by atomic mass is 10.3. The van der Waals surface area contributed by atoms with Gasteiger partial charge in [0.05, 0.1) is 18.8 Å². The van der Waals surface area contributed by atoms with Crippen molar-refractivity contribution >= 4 is 22.0 Å². The molecular weight excluding hydrogens is 308 g/mol. The molecule has 1 fully saturated rings. The van der Waals surface area contributed by atoms with Crippen LogP contribution in [0, 0.1) is 0 Å². The second-order valence-corrected chi connectivity index (χ2v) is 4.11. The molecule has 0 aromatic carbocycles. The molecule has 18 heavy (non-hydrogen) atoms. The van der Waals surface area contributed by atoms with Gasteiger partial charge in [-0.25, -0.2) is 4.79 Å². The molecule has 0 saturated carbocycles. The van der Waals surface area contributed by atoms with E-state index in [1.54, 1.807) is 0 Å². The number of hydrogen-bond acceptors (Lipinski definition) is 5. The van der Waals surface area contributed by atoms with Crippen LogP contribution in [0.5, 0.6) is 0 Å². The van der Waals surface area contributed by atoms with Gasteiger partial charge in [-0.1, -0.05) is 15.9 Å².